The van der Waals surface area contributed by atoms with Gasteiger partial charge >= 0.3 is 0 Å². The van der Waals surface area contributed by atoms with E-state index in [-0.39, 0.29) is 16.1 Å². The SMILES string of the molecule is CCC(Br)Cc1cc(O)cc(C#N)c1F. The summed E-state index contributed by atoms with van der Waals surface area (Å²) in [6, 6.07) is 4.21. The van der Waals surface area contributed by atoms with Gasteiger partial charge in [0.05, 0.1) is 5.56 Å². The normalized spacial score (nSPS) is 12.1. The van der Waals surface area contributed by atoms with E-state index in [4.69, 9.17) is 5.26 Å². The minimum Gasteiger partial charge on any atom is -0.508 e. The summed E-state index contributed by atoms with van der Waals surface area (Å²) < 4.78 is 13.6. The van der Waals surface area contributed by atoms with E-state index in [1.54, 1.807) is 6.07 Å². The number of nitrogens with zero attached hydrogens (tertiary/aromatic N) is 1. The molecule has 15 heavy (non-hydrogen) atoms. The van der Waals surface area contributed by atoms with Gasteiger partial charge in [-0.1, -0.05) is 22.9 Å². The zero-order valence-corrected chi connectivity index (χ0v) is 9.88. The number of hydrogen-bond donors (Lipinski definition) is 1. The minimum atomic E-state index is -0.534. The summed E-state index contributed by atoms with van der Waals surface area (Å²) in [5.74, 6) is -0.605. The smallest absolute Gasteiger partial charge is 0.144 e. The zero-order chi connectivity index (χ0) is 11.4. The number of halogens is 2. The standard InChI is InChI=1S/C11H11BrFNO/c1-2-9(12)3-7-4-10(15)5-8(6-14)11(7)13/h4-5,9,15H,2-3H2,1H3. The number of hydrogen-bond acceptors (Lipinski definition) is 2. The highest BCUT2D eigenvalue weighted by Gasteiger charge is 2.13. The maximum absolute atomic E-state index is 13.6. The Kier molecular flexibility index (Phi) is 4.10. The molecule has 1 N–H and O–H groups in total. The number of alkyl halides is 1. The maximum atomic E-state index is 13.6. The van der Waals surface area contributed by atoms with E-state index in [0.717, 1.165) is 12.5 Å². The molecule has 0 aromatic heterocycles. The minimum absolute atomic E-state index is 0.0706. The molecule has 1 atom stereocenters. The molecule has 0 saturated heterocycles. The van der Waals surface area contributed by atoms with Crippen LogP contribution >= 0.6 is 15.9 Å². The molecule has 0 aliphatic rings. The van der Waals surface area contributed by atoms with Crippen LogP contribution in [0.3, 0.4) is 0 Å². The van der Waals surface area contributed by atoms with Crippen molar-refractivity contribution in [2.24, 2.45) is 0 Å². The number of phenols is 1. The van der Waals surface area contributed by atoms with E-state index in [9.17, 15) is 9.50 Å². The van der Waals surface area contributed by atoms with Gasteiger partial charge in [-0.05, 0) is 24.5 Å². The van der Waals surface area contributed by atoms with Gasteiger partial charge in [0.2, 0.25) is 0 Å². The van der Waals surface area contributed by atoms with Gasteiger partial charge in [0.1, 0.15) is 17.6 Å². The van der Waals surface area contributed by atoms with Gasteiger partial charge in [0.15, 0.2) is 0 Å². The Balaban J connectivity index is 3.08. The molecule has 0 aliphatic heterocycles. The number of aromatic hydroxyl groups is 1. The molecule has 4 heteroatoms. The lowest BCUT2D eigenvalue weighted by molar-refractivity contribution is 0.470. The van der Waals surface area contributed by atoms with Crippen LogP contribution in [0, 0.1) is 17.1 Å². The highest BCUT2D eigenvalue weighted by molar-refractivity contribution is 9.09. The lowest BCUT2D eigenvalue weighted by Crippen LogP contribution is -2.04. The molecule has 0 spiro atoms. The van der Waals surface area contributed by atoms with Gasteiger partial charge in [-0.15, -0.1) is 0 Å². The molecule has 80 valence electrons. The predicted molar refractivity (Wildman–Crippen MR) is 59.5 cm³/mol. The molecule has 2 nitrogen and oxygen atoms in total. The summed E-state index contributed by atoms with van der Waals surface area (Å²) in [6.45, 7) is 1.98. The van der Waals surface area contributed by atoms with Crippen LogP contribution in [-0.2, 0) is 6.42 Å². The number of benzene rings is 1. The fourth-order valence-electron chi connectivity index (χ4n) is 1.28. The Morgan fingerprint density at radius 1 is 1.60 bits per heavy atom. The van der Waals surface area contributed by atoms with E-state index in [1.165, 1.54) is 6.07 Å². The van der Waals surface area contributed by atoms with Gasteiger partial charge in [-0.3, -0.25) is 0 Å². The Bertz CT molecular complexity index is 400. The monoisotopic (exact) mass is 271 g/mol. The second-order valence-corrected chi connectivity index (χ2v) is 4.58. The number of nitriles is 1. The van der Waals surface area contributed by atoms with Crippen LogP contribution in [0.15, 0.2) is 12.1 Å². The quantitative estimate of drug-likeness (QED) is 0.859. The third-order valence-electron chi connectivity index (χ3n) is 2.14. The molecule has 1 unspecified atom stereocenters. The highest BCUT2D eigenvalue weighted by atomic mass is 79.9. The number of phenolic OH excluding ortho intramolecular Hbond substituents is 1. The average molecular weight is 272 g/mol. The summed E-state index contributed by atoms with van der Waals surface area (Å²) >= 11 is 3.39. The zero-order valence-electron chi connectivity index (χ0n) is 8.30. The number of rotatable bonds is 3. The molecular weight excluding hydrogens is 261 g/mol. The van der Waals surface area contributed by atoms with Crippen LogP contribution in [0.4, 0.5) is 4.39 Å². The van der Waals surface area contributed by atoms with Gasteiger partial charge in [-0.25, -0.2) is 4.39 Å². The van der Waals surface area contributed by atoms with Crippen molar-refractivity contribution in [3.8, 4) is 11.8 Å². The largest absolute Gasteiger partial charge is 0.508 e. The molecule has 1 rings (SSSR count). The van der Waals surface area contributed by atoms with Gasteiger partial charge in [0, 0.05) is 10.9 Å². The highest BCUT2D eigenvalue weighted by Crippen LogP contribution is 2.23. The second kappa shape index (κ2) is 5.13. The van der Waals surface area contributed by atoms with E-state index in [2.05, 4.69) is 15.9 Å². The van der Waals surface area contributed by atoms with Crippen LogP contribution in [0.1, 0.15) is 24.5 Å². The average Bonchev–Trinajstić information content (AvgIpc) is 2.22. The lowest BCUT2D eigenvalue weighted by Gasteiger charge is -2.09. The molecule has 0 fully saturated rings. The summed E-state index contributed by atoms with van der Waals surface area (Å²) in [7, 11) is 0. The van der Waals surface area contributed by atoms with Crippen molar-refractivity contribution in [1.29, 1.82) is 5.26 Å². The van der Waals surface area contributed by atoms with E-state index >= 15 is 0 Å². The fraction of sp³-hybridized carbons (Fsp3) is 0.364. The molecule has 0 heterocycles. The van der Waals surface area contributed by atoms with Gasteiger partial charge < -0.3 is 5.11 Å². The molecular formula is C11H11BrFNO. The van der Waals surface area contributed by atoms with Crippen molar-refractivity contribution in [2.45, 2.75) is 24.6 Å². The summed E-state index contributed by atoms with van der Waals surface area (Å²) in [6.07, 6.45) is 1.32. The van der Waals surface area contributed by atoms with E-state index in [1.807, 2.05) is 6.92 Å². The first-order valence-corrected chi connectivity index (χ1v) is 5.55. The van der Waals surface area contributed by atoms with Gasteiger partial charge in [0.25, 0.3) is 0 Å². The second-order valence-electron chi connectivity index (χ2n) is 3.29. The van der Waals surface area contributed by atoms with E-state index in [0.29, 0.717) is 12.0 Å². The Morgan fingerprint density at radius 3 is 2.80 bits per heavy atom. The topological polar surface area (TPSA) is 44.0 Å². The Labute approximate surface area is 96.5 Å². The van der Waals surface area contributed by atoms with Crippen LogP contribution in [0.5, 0.6) is 5.75 Å². The summed E-state index contributed by atoms with van der Waals surface area (Å²) in [5.41, 5.74) is 0.260. The fourth-order valence-corrected chi connectivity index (χ4v) is 1.63. The molecule has 1 aromatic rings. The maximum Gasteiger partial charge on any atom is 0.144 e. The van der Waals surface area contributed by atoms with Crippen molar-refractivity contribution in [2.75, 3.05) is 0 Å². The van der Waals surface area contributed by atoms with E-state index < -0.39 is 5.82 Å². The third kappa shape index (κ3) is 2.93. The van der Waals surface area contributed by atoms with Crippen LogP contribution in [-0.4, -0.2) is 9.93 Å². The van der Waals surface area contributed by atoms with Gasteiger partial charge in [-0.2, -0.15) is 5.26 Å². The lowest BCUT2D eigenvalue weighted by atomic mass is 10.0. The Hall–Kier alpha value is -1.08. The third-order valence-corrected chi connectivity index (χ3v) is 3.11. The molecule has 0 aliphatic carbocycles. The van der Waals surface area contributed by atoms with Crippen molar-refractivity contribution < 1.29 is 9.50 Å². The van der Waals surface area contributed by atoms with Crippen LogP contribution in [0.25, 0.3) is 0 Å². The first-order valence-electron chi connectivity index (χ1n) is 4.64. The predicted octanol–water partition coefficient (Wildman–Crippen LogP) is 3.12. The summed E-state index contributed by atoms with van der Waals surface area (Å²) in [4.78, 5) is 0.153. The summed E-state index contributed by atoms with van der Waals surface area (Å²) in [5, 5.41) is 17.9. The molecule has 0 saturated carbocycles. The van der Waals surface area contributed by atoms with Crippen molar-refractivity contribution in [3.05, 3.63) is 29.1 Å². The van der Waals surface area contributed by atoms with Crippen molar-refractivity contribution >= 4 is 15.9 Å². The first kappa shape index (κ1) is 12.0. The van der Waals surface area contributed by atoms with Crippen molar-refractivity contribution in [3.63, 3.8) is 0 Å². The van der Waals surface area contributed by atoms with Crippen LogP contribution < -0.4 is 0 Å². The Morgan fingerprint density at radius 2 is 2.27 bits per heavy atom. The molecule has 0 bridgehead atoms. The van der Waals surface area contributed by atoms with Crippen molar-refractivity contribution in [1.82, 2.24) is 0 Å². The molecule has 1 aromatic carbocycles. The molecule has 0 radical (unpaired) electrons. The van der Waals surface area contributed by atoms with Crippen LogP contribution in [0.2, 0.25) is 0 Å². The molecule has 0 amide bonds. The first-order chi connectivity index (χ1) is 7.08.